The molecule has 0 bridgehead atoms. The van der Waals surface area contributed by atoms with Gasteiger partial charge in [0.25, 0.3) is 0 Å². The maximum absolute atomic E-state index is 13.0. The normalized spacial score (nSPS) is 11.3. The maximum atomic E-state index is 13.0. The Hall–Kier alpha value is -2.89. The Morgan fingerprint density at radius 3 is 2.32 bits per heavy atom. The summed E-state index contributed by atoms with van der Waals surface area (Å²) in [4.78, 5) is 0. The first-order chi connectivity index (χ1) is 13.2. The molecule has 0 unspecified atom stereocenters. The van der Waals surface area contributed by atoms with Crippen molar-refractivity contribution in [1.29, 1.82) is 5.26 Å². The molecule has 0 spiro atoms. The summed E-state index contributed by atoms with van der Waals surface area (Å²) in [5.41, 5.74) is 5.79. The van der Waals surface area contributed by atoms with Crippen molar-refractivity contribution in [3.05, 3.63) is 57.7 Å². The average molecular weight is 427 g/mol. The second kappa shape index (κ2) is 7.26. The number of benzene rings is 2. The van der Waals surface area contributed by atoms with Crippen LogP contribution in [-0.4, -0.2) is 16.9 Å². The summed E-state index contributed by atoms with van der Waals surface area (Å²) in [7, 11) is 1.45. The summed E-state index contributed by atoms with van der Waals surface area (Å²) in [6.45, 7) is 0. The summed E-state index contributed by atoms with van der Waals surface area (Å²) in [5, 5.41) is 12.9. The van der Waals surface area contributed by atoms with Crippen molar-refractivity contribution >= 4 is 29.0 Å². The molecule has 144 valence electrons. The van der Waals surface area contributed by atoms with Crippen molar-refractivity contribution in [1.82, 2.24) is 9.78 Å². The molecule has 2 N–H and O–H groups in total. The fourth-order valence-corrected chi connectivity index (χ4v) is 3.38. The standard InChI is InChI=1S/C18H11Cl2F3N4O/c1-28-14-5-3-2-4-10(14)15-13(8-24)26-27(17(15)25)16-11(19)6-9(7-12(16)20)18(21,22)23/h2-7H,25H2,1H3. The van der Waals surface area contributed by atoms with Gasteiger partial charge in [-0.15, -0.1) is 0 Å². The molecule has 0 fully saturated rings. The molecule has 2 aromatic carbocycles. The van der Waals surface area contributed by atoms with Crippen LogP contribution in [0.5, 0.6) is 5.75 Å². The Morgan fingerprint density at radius 1 is 1.18 bits per heavy atom. The quantitative estimate of drug-likeness (QED) is 0.613. The molecule has 0 amide bonds. The number of ether oxygens (including phenoxy) is 1. The SMILES string of the molecule is COc1ccccc1-c1c(C#N)nn(-c2c(Cl)cc(C(F)(F)F)cc2Cl)c1N. The molecule has 3 rings (SSSR count). The fraction of sp³-hybridized carbons (Fsp3) is 0.111. The number of hydrogen-bond acceptors (Lipinski definition) is 4. The Bertz CT molecular complexity index is 1080. The van der Waals surface area contributed by atoms with Gasteiger partial charge in [-0.1, -0.05) is 41.4 Å². The van der Waals surface area contributed by atoms with Crippen LogP contribution >= 0.6 is 23.2 Å². The number of nitriles is 1. The van der Waals surface area contributed by atoms with E-state index >= 15 is 0 Å². The van der Waals surface area contributed by atoms with Gasteiger partial charge in [0.1, 0.15) is 23.3 Å². The van der Waals surface area contributed by atoms with E-state index in [-0.39, 0.29) is 32.8 Å². The zero-order valence-electron chi connectivity index (χ0n) is 14.2. The minimum absolute atomic E-state index is 0.0235. The zero-order valence-corrected chi connectivity index (χ0v) is 15.7. The number of rotatable bonds is 3. The van der Waals surface area contributed by atoms with E-state index in [1.165, 1.54) is 7.11 Å². The second-order valence-electron chi connectivity index (χ2n) is 5.62. The van der Waals surface area contributed by atoms with Crippen molar-refractivity contribution in [3.63, 3.8) is 0 Å². The second-order valence-corrected chi connectivity index (χ2v) is 6.43. The number of aromatic nitrogens is 2. The van der Waals surface area contributed by atoms with Crippen LogP contribution in [0.4, 0.5) is 19.0 Å². The average Bonchev–Trinajstić information content (AvgIpc) is 2.96. The fourth-order valence-electron chi connectivity index (χ4n) is 2.73. The van der Waals surface area contributed by atoms with Crippen LogP contribution < -0.4 is 10.5 Å². The molecule has 0 saturated heterocycles. The van der Waals surface area contributed by atoms with E-state index in [1.54, 1.807) is 24.3 Å². The van der Waals surface area contributed by atoms with E-state index in [4.69, 9.17) is 33.7 Å². The molecule has 0 aliphatic rings. The molecule has 1 heterocycles. The highest BCUT2D eigenvalue weighted by Gasteiger charge is 2.33. The topological polar surface area (TPSA) is 76.9 Å². The number of alkyl halides is 3. The third kappa shape index (κ3) is 3.35. The number of nitrogens with zero attached hydrogens (tertiary/aromatic N) is 3. The lowest BCUT2D eigenvalue weighted by Gasteiger charge is -2.13. The number of halogens is 5. The summed E-state index contributed by atoms with van der Waals surface area (Å²) >= 11 is 12.1. The van der Waals surface area contributed by atoms with Crippen molar-refractivity contribution in [3.8, 4) is 28.6 Å². The Balaban J connectivity index is 2.27. The van der Waals surface area contributed by atoms with E-state index in [0.717, 1.165) is 16.8 Å². The Morgan fingerprint density at radius 2 is 1.79 bits per heavy atom. The molecule has 10 heteroatoms. The van der Waals surface area contributed by atoms with Crippen LogP contribution in [0.25, 0.3) is 16.8 Å². The molecule has 0 aliphatic heterocycles. The summed E-state index contributed by atoms with van der Waals surface area (Å²) < 4.78 is 45.2. The predicted molar refractivity (Wildman–Crippen MR) is 99.7 cm³/mol. The molecule has 3 aromatic rings. The van der Waals surface area contributed by atoms with Crippen LogP contribution in [0, 0.1) is 11.3 Å². The first-order valence-electron chi connectivity index (χ1n) is 7.67. The third-order valence-electron chi connectivity index (χ3n) is 3.96. The molecule has 1 aromatic heterocycles. The van der Waals surface area contributed by atoms with Gasteiger partial charge in [0.05, 0.1) is 28.3 Å². The van der Waals surface area contributed by atoms with Gasteiger partial charge in [0.2, 0.25) is 0 Å². The number of nitrogen functional groups attached to an aromatic ring is 1. The smallest absolute Gasteiger partial charge is 0.416 e. The van der Waals surface area contributed by atoms with Gasteiger partial charge in [-0.2, -0.15) is 23.5 Å². The van der Waals surface area contributed by atoms with Crippen molar-refractivity contribution < 1.29 is 17.9 Å². The summed E-state index contributed by atoms with van der Waals surface area (Å²) in [6, 6.07) is 10.2. The predicted octanol–water partition coefficient (Wildman–Crippen LogP) is 5.33. The highest BCUT2D eigenvalue weighted by Crippen LogP contribution is 2.41. The van der Waals surface area contributed by atoms with E-state index in [1.807, 2.05) is 6.07 Å². The Kier molecular flexibility index (Phi) is 5.15. The number of anilines is 1. The van der Waals surface area contributed by atoms with Crippen LogP contribution in [0.3, 0.4) is 0 Å². The van der Waals surface area contributed by atoms with Crippen LogP contribution in [-0.2, 0) is 6.18 Å². The van der Waals surface area contributed by atoms with Crippen LogP contribution in [0.15, 0.2) is 36.4 Å². The van der Waals surface area contributed by atoms with Gasteiger partial charge < -0.3 is 10.5 Å². The lowest BCUT2D eigenvalue weighted by atomic mass is 10.0. The number of para-hydroxylation sites is 1. The number of hydrogen-bond donors (Lipinski definition) is 1. The van der Waals surface area contributed by atoms with Crippen molar-refractivity contribution in [2.24, 2.45) is 0 Å². The van der Waals surface area contributed by atoms with E-state index in [0.29, 0.717) is 11.3 Å². The van der Waals surface area contributed by atoms with Gasteiger partial charge >= 0.3 is 6.18 Å². The van der Waals surface area contributed by atoms with Crippen LogP contribution in [0.2, 0.25) is 10.0 Å². The molecule has 0 radical (unpaired) electrons. The van der Waals surface area contributed by atoms with Gasteiger partial charge in [-0.05, 0) is 18.2 Å². The van der Waals surface area contributed by atoms with E-state index < -0.39 is 11.7 Å². The number of methoxy groups -OCH3 is 1. The van der Waals surface area contributed by atoms with E-state index in [9.17, 15) is 18.4 Å². The molecule has 0 aliphatic carbocycles. The van der Waals surface area contributed by atoms with Gasteiger partial charge in [0.15, 0.2) is 5.69 Å². The van der Waals surface area contributed by atoms with Gasteiger partial charge in [-0.3, -0.25) is 0 Å². The summed E-state index contributed by atoms with van der Waals surface area (Å²) in [5.74, 6) is 0.416. The van der Waals surface area contributed by atoms with Crippen molar-refractivity contribution in [2.45, 2.75) is 6.18 Å². The lowest BCUT2D eigenvalue weighted by Crippen LogP contribution is -2.08. The largest absolute Gasteiger partial charge is 0.496 e. The lowest BCUT2D eigenvalue weighted by molar-refractivity contribution is -0.137. The third-order valence-corrected chi connectivity index (χ3v) is 4.54. The molecule has 0 saturated carbocycles. The van der Waals surface area contributed by atoms with Crippen LogP contribution in [0.1, 0.15) is 11.3 Å². The van der Waals surface area contributed by atoms with Gasteiger partial charge in [-0.25, -0.2) is 4.68 Å². The number of nitrogens with two attached hydrogens (primary N) is 1. The minimum atomic E-state index is -4.62. The zero-order chi connectivity index (χ0) is 20.6. The first-order valence-corrected chi connectivity index (χ1v) is 8.43. The minimum Gasteiger partial charge on any atom is -0.496 e. The monoisotopic (exact) mass is 426 g/mol. The van der Waals surface area contributed by atoms with E-state index in [2.05, 4.69) is 5.10 Å². The van der Waals surface area contributed by atoms with Crippen molar-refractivity contribution in [2.75, 3.05) is 12.8 Å². The molecule has 5 nitrogen and oxygen atoms in total. The first kappa shape index (κ1) is 19.9. The summed E-state index contributed by atoms with van der Waals surface area (Å²) in [6.07, 6.45) is -4.62. The highest BCUT2D eigenvalue weighted by molar-refractivity contribution is 6.38. The highest BCUT2D eigenvalue weighted by atomic mass is 35.5. The Labute approximate surface area is 167 Å². The molecule has 0 atom stereocenters. The molecule has 28 heavy (non-hydrogen) atoms. The molecular formula is C18H11Cl2F3N4O. The maximum Gasteiger partial charge on any atom is 0.416 e. The van der Waals surface area contributed by atoms with Gasteiger partial charge in [0, 0.05) is 5.56 Å². The molecular weight excluding hydrogens is 416 g/mol.